The maximum absolute atomic E-state index is 12.9. The van der Waals surface area contributed by atoms with E-state index in [9.17, 15) is 18.7 Å². The van der Waals surface area contributed by atoms with E-state index in [-0.39, 0.29) is 12.2 Å². The highest BCUT2D eigenvalue weighted by Crippen LogP contribution is 2.33. The van der Waals surface area contributed by atoms with Crippen LogP contribution in [0.2, 0.25) is 5.02 Å². The molecule has 0 spiro atoms. The molecule has 2 rings (SSSR count). The quantitative estimate of drug-likeness (QED) is 0.400. The Kier molecular flexibility index (Phi) is 9.37. The third-order valence-electron chi connectivity index (χ3n) is 4.70. The molecule has 0 radical (unpaired) electrons. The summed E-state index contributed by atoms with van der Waals surface area (Å²) in [5, 5.41) is 13.1. The molecule has 32 heavy (non-hydrogen) atoms. The fourth-order valence-corrected chi connectivity index (χ4v) is 4.31. The van der Waals surface area contributed by atoms with Crippen LogP contribution >= 0.6 is 23.4 Å². The van der Waals surface area contributed by atoms with Gasteiger partial charge in [-0.2, -0.15) is 0 Å². The molecule has 0 bridgehead atoms. The summed E-state index contributed by atoms with van der Waals surface area (Å²) in [6.07, 6.45) is -1.18. The fraction of sp³-hybridized carbons (Fsp3) is 0.458. The second kappa shape index (κ2) is 11.3. The lowest BCUT2D eigenvalue weighted by molar-refractivity contribution is 0.0404. The molecule has 2 aromatic carbocycles. The van der Waals surface area contributed by atoms with Crippen molar-refractivity contribution in [1.82, 2.24) is 5.32 Å². The highest BCUT2D eigenvalue weighted by molar-refractivity contribution is 7.99. The Morgan fingerprint density at radius 2 is 1.84 bits per heavy atom. The molecule has 0 fully saturated rings. The van der Waals surface area contributed by atoms with Crippen molar-refractivity contribution >= 4 is 29.5 Å². The van der Waals surface area contributed by atoms with Gasteiger partial charge in [-0.1, -0.05) is 41.6 Å². The van der Waals surface area contributed by atoms with Crippen LogP contribution in [0.1, 0.15) is 58.1 Å². The van der Waals surface area contributed by atoms with Crippen molar-refractivity contribution in [1.29, 1.82) is 0 Å². The molecule has 0 aliphatic heterocycles. The Hall–Kier alpha value is -1.83. The first-order valence-corrected chi connectivity index (χ1v) is 11.6. The van der Waals surface area contributed by atoms with E-state index < -0.39 is 23.7 Å². The van der Waals surface area contributed by atoms with Crippen LogP contribution in [0.4, 0.5) is 13.6 Å². The number of aliphatic hydroxyl groups is 1. The summed E-state index contributed by atoms with van der Waals surface area (Å²) in [6.45, 7) is 6.89. The van der Waals surface area contributed by atoms with Crippen LogP contribution in [-0.4, -0.2) is 28.9 Å². The number of hydrogen-bond acceptors (Lipinski definition) is 4. The summed E-state index contributed by atoms with van der Waals surface area (Å²) in [6, 6.07) is 11.9. The van der Waals surface area contributed by atoms with Crippen molar-refractivity contribution in [2.24, 2.45) is 0 Å². The Bertz CT molecular complexity index is 920. The van der Waals surface area contributed by atoms with Crippen LogP contribution < -0.4 is 5.32 Å². The lowest BCUT2D eigenvalue weighted by atomic mass is 9.94. The Morgan fingerprint density at radius 1 is 1.16 bits per heavy atom. The SMILES string of the molecule is CC(CO)(CCCc1ccc(Sc2cccc(C(F)F)c2)cc1Cl)NC(=O)OC(C)(C)C. The summed E-state index contributed by atoms with van der Waals surface area (Å²) in [7, 11) is 0. The maximum Gasteiger partial charge on any atom is 0.408 e. The molecule has 8 heteroatoms. The fourth-order valence-electron chi connectivity index (χ4n) is 3.04. The number of carbonyl (C=O) groups excluding carboxylic acids is 1. The third kappa shape index (κ3) is 8.60. The summed E-state index contributed by atoms with van der Waals surface area (Å²) < 4.78 is 31.1. The van der Waals surface area contributed by atoms with Gasteiger partial charge in [-0.3, -0.25) is 0 Å². The molecule has 176 valence electrons. The summed E-state index contributed by atoms with van der Waals surface area (Å²) in [4.78, 5) is 13.6. The number of amides is 1. The number of aryl methyl sites for hydroxylation is 1. The van der Waals surface area contributed by atoms with E-state index >= 15 is 0 Å². The van der Waals surface area contributed by atoms with E-state index in [0.29, 0.717) is 24.3 Å². The van der Waals surface area contributed by atoms with Crippen LogP contribution in [0.25, 0.3) is 0 Å². The Labute approximate surface area is 197 Å². The minimum absolute atomic E-state index is 0.00959. The molecule has 4 nitrogen and oxygen atoms in total. The highest BCUT2D eigenvalue weighted by Gasteiger charge is 2.28. The molecule has 0 saturated heterocycles. The first-order chi connectivity index (χ1) is 14.9. The predicted octanol–water partition coefficient (Wildman–Crippen LogP) is 7.03. The van der Waals surface area contributed by atoms with E-state index in [1.165, 1.54) is 23.9 Å². The molecule has 0 aliphatic carbocycles. The topological polar surface area (TPSA) is 58.6 Å². The van der Waals surface area contributed by atoms with E-state index in [0.717, 1.165) is 15.4 Å². The molecule has 2 aromatic rings. The largest absolute Gasteiger partial charge is 0.444 e. The van der Waals surface area contributed by atoms with Crippen LogP contribution in [0, 0.1) is 0 Å². The summed E-state index contributed by atoms with van der Waals surface area (Å²) in [5.41, 5.74) is -0.492. The zero-order valence-corrected chi connectivity index (χ0v) is 20.3. The number of hydrogen-bond donors (Lipinski definition) is 2. The molecule has 2 N–H and O–H groups in total. The van der Waals surface area contributed by atoms with Gasteiger partial charge < -0.3 is 15.2 Å². The Balaban J connectivity index is 1.94. The minimum atomic E-state index is -2.50. The lowest BCUT2D eigenvalue weighted by Crippen LogP contribution is -2.50. The second-order valence-electron chi connectivity index (χ2n) is 8.93. The summed E-state index contributed by atoms with van der Waals surface area (Å²) in [5.74, 6) is 0. The molecule has 0 aromatic heterocycles. The number of alkyl halides is 2. The average molecular weight is 486 g/mol. The number of ether oxygens (including phenoxy) is 1. The number of aliphatic hydroxyl groups excluding tert-OH is 1. The van der Waals surface area contributed by atoms with Crippen molar-refractivity contribution in [3.05, 3.63) is 58.6 Å². The van der Waals surface area contributed by atoms with E-state index in [2.05, 4.69) is 5.32 Å². The smallest absolute Gasteiger partial charge is 0.408 e. The molecule has 0 heterocycles. The first-order valence-electron chi connectivity index (χ1n) is 10.4. The normalized spacial score (nSPS) is 13.7. The van der Waals surface area contributed by atoms with E-state index in [1.54, 1.807) is 39.8 Å². The van der Waals surface area contributed by atoms with Crippen LogP contribution in [0.15, 0.2) is 52.3 Å². The van der Waals surface area contributed by atoms with E-state index in [1.807, 2.05) is 18.2 Å². The molecule has 1 amide bonds. The lowest BCUT2D eigenvalue weighted by Gasteiger charge is -2.30. The van der Waals surface area contributed by atoms with Gasteiger partial charge in [0.25, 0.3) is 6.43 Å². The van der Waals surface area contributed by atoms with Gasteiger partial charge in [0.05, 0.1) is 12.1 Å². The average Bonchev–Trinajstić information content (AvgIpc) is 2.68. The van der Waals surface area contributed by atoms with Gasteiger partial charge in [0, 0.05) is 20.4 Å². The predicted molar refractivity (Wildman–Crippen MR) is 125 cm³/mol. The molecule has 0 saturated carbocycles. The van der Waals surface area contributed by atoms with Gasteiger partial charge >= 0.3 is 6.09 Å². The van der Waals surface area contributed by atoms with Crippen LogP contribution in [0.5, 0.6) is 0 Å². The van der Waals surface area contributed by atoms with Gasteiger partial charge in [-0.25, -0.2) is 13.6 Å². The zero-order valence-electron chi connectivity index (χ0n) is 18.8. The van der Waals surface area contributed by atoms with E-state index in [4.69, 9.17) is 16.3 Å². The molecule has 1 atom stereocenters. The monoisotopic (exact) mass is 485 g/mol. The Morgan fingerprint density at radius 3 is 2.44 bits per heavy atom. The second-order valence-corrected chi connectivity index (χ2v) is 10.5. The summed E-state index contributed by atoms with van der Waals surface area (Å²) >= 11 is 7.82. The van der Waals surface area contributed by atoms with Crippen molar-refractivity contribution in [3.63, 3.8) is 0 Å². The number of carbonyl (C=O) groups is 1. The van der Waals surface area contributed by atoms with Gasteiger partial charge in [0.15, 0.2) is 0 Å². The number of nitrogens with one attached hydrogen (secondary N) is 1. The van der Waals surface area contributed by atoms with Crippen LogP contribution in [-0.2, 0) is 11.2 Å². The molecular weight excluding hydrogens is 456 g/mol. The zero-order chi connectivity index (χ0) is 23.9. The van der Waals surface area contributed by atoms with Crippen molar-refractivity contribution in [2.75, 3.05) is 6.61 Å². The number of halogens is 3. The van der Waals surface area contributed by atoms with Crippen molar-refractivity contribution in [2.45, 2.75) is 74.3 Å². The molecular formula is C24H30ClF2NO3S. The molecule has 0 aliphatic rings. The minimum Gasteiger partial charge on any atom is -0.444 e. The van der Waals surface area contributed by atoms with Gasteiger partial charge in [0.1, 0.15) is 5.60 Å². The molecule has 1 unspecified atom stereocenters. The van der Waals surface area contributed by atoms with Gasteiger partial charge in [0.2, 0.25) is 0 Å². The number of rotatable bonds is 9. The van der Waals surface area contributed by atoms with Crippen LogP contribution in [0.3, 0.4) is 0 Å². The third-order valence-corrected chi connectivity index (χ3v) is 6.03. The first kappa shape index (κ1) is 26.4. The number of alkyl carbamates (subject to hydrolysis) is 1. The van der Waals surface area contributed by atoms with Crippen molar-refractivity contribution < 1.29 is 23.4 Å². The standard InChI is InChI=1S/C24H30ClF2NO3S/c1-23(2,3)31-22(30)28-24(4,15-29)12-6-8-16-10-11-19(14-20(16)25)32-18-9-5-7-17(13-18)21(26)27/h5,7,9-11,13-14,21,29H,6,8,12,15H2,1-4H3,(H,28,30). The van der Waals surface area contributed by atoms with Crippen molar-refractivity contribution in [3.8, 4) is 0 Å². The highest BCUT2D eigenvalue weighted by atomic mass is 35.5. The number of benzene rings is 2. The van der Waals surface area contributed by atoms with Gasteiger partial charge in [-0.05, 0) is 76.8 Å². The van der Waals surface area contributed by atoms with Gasteiger partial charge in [-0.15, -0.1) is 0 Å². The maximum atomic E-state index is 12.9.